The van der Waals surface area contributed by atoms with Gasteiger partial charge in [-0.05, 0) is 55.3 Å². The number of benzene rings is 3. The van der Waals surface area contributed by atoms with Gasteiger partial charge in [0.2, 0.25) is 0 Å². The summed E-state index contributed by atoms with van der Waals surface area (Å²) in [5, 5.41) is 8.48. The molecule has 0 radical (unpaired) electrons. The van der Waals surface area contributed by atoms with Crippen LogP contribution in [0.15, 0.2) is 83.1 Å². The lowest BCUT2D eigenvalue weighted by atomic mass is 10.1. The zero-order valence-electron chi connectivity index (χ0n) is 17.5. The molecule has 30 heavy (non-hydrogen) atoms. The van der Waals surface area contributed by atoms with Crippen molar-refractivity contribution in [2.24, 2.45) is 10.3 Å². The van der Waals surface area contributed by atoms with E-state index in [-0.39, 0.29) is 0 Å². The van der Waals surface area contributed by atoms with Crippen LogP contribution in [-0.4, -0.2) is 25.6 Å². The van der Waals surface area contributed by atoms with E-state index in [0.717, 1.165) is 22.6 Å². The van der Waals surface area contributed by atoms with E-state index < -0.39 is 0 Å². The molecule has 3 rings (SSSR count). The Kier molecular flexibility index (Phi) is 7.05. The third-order valence-corrected chi connectivity index (χ3v) is 4.40. The standard InChI is InChI=1S/C24H24N2O4/c1-17(25-29-23-14-7-5-12-21(23)27-3)19-10-9-11-20(16-19)18(2)26-30-24-15-8-6-13-22(24)28-4/h5-16H,1-4H3/b25-17+,26-18+. The lowest BCUT2D eigenvalue weighted by Crippen LogP contribution is -2.03. The van der Waals surface area contributed by atoms with Crippen LogP contribution in [0, 0.1) is 0 Å². The predicted molar refractivity (Wildman–Crippen MR) is 118 cm³/mol. The van der Waals surface area contributed by atoms with Crippen LogP contribution in [0.25, 0.3) is 0 Å². The summed E-state index contributed by atoms with van der Waals surface area (Å²) in [5.74, 6) is 2.36. The van der Waals surface area contributed by atoms with Gasteiger partial charge in [0.25, 0.3) is 0 Å². The molecule has 0 aliphatic rings. The molecule has 3 aromatic carbocycles. The third-order valence-electron chi connectivity index (χ3n) is 4.40. The molecular formula is C24H24N2O4. The lowest BCUT2D eigenvalue weighted by molar-refractivity contribution is 0.311. The van der Waals surface area contributed by atoms with Crippen molar-refractivity contribution in [1.82, 2.24) is 0 Å². The molecule has 3 aromatic rings. The first-order valence-electron chi connectivity index (χ1n) is 9.42. The number of hydrogen-bond donors (Lipinski definition) is 0. The molecule has 0 fully saturated rings. The van der Waals surface area contributed by atoms with Crippen molar-refractivity contribution in [2.45, 2.75) is 13.8 Å². The molecule has 0 atom stereocenters. The van der Waals surface area contributed by atoms with Gasteiger partial charge in [-0.2, -0.15) is 0 Å². The number of methoxy groups -OCH3 is 2. The topological polar surface area (TPSA) is 61.6 Å². The maximum Gasteiger partial charge on any atom is 0.199 e. The van der Waals surface area contributed by atoms with Crippen LogP contribution in [0.3, 0.4) is 0 Å². The Morgan fingerprint density at radius 2 is 0.967 bits per heavy atom. The first-order chi connectivity index (χ1) is 14.6. The molecule has 0 aliphatic heterocycles. The first kappa shape index (κ1) is 20.9. The zero-order chi connectivity index (χ0) is 21.3. The average Bonchev–Trinajstić information content (AvgIpc) is 2.81. The molecule has 0 amide bonds. The summed E-state index contributed by atoms with van der Waals surface area (Å²) in [6, 6.07) is 22.6. The van der Waals surface area contributed by atoms with Gasteiger partial charge in [0, 0.05) is 0 Å². The smallest absolute Gasteiger partial charge is 0.199 e. The molecule has 0 heterocycles. The van der Waals surface area contributed by atoms with Crippen LogP contribution >= 0.6 is 0 Å². The number of oxime groups is 2. The summed E-state index contributed by atoms with van der Waals surface area (Å²) in [4.78, 5) is 11.1. The number of para-hydroxylation sites is 4. The van der Waals surface area contributed by atoms with Crippen molar-refractivity contribution in [3.8, 4) is 23.0 Å². The van der Waals surface area contributed by atoms with Crippen LogP contribution in [0.4, 0.5) is 0 Å². The van der Waals surface area contributed by atoms with Crippen molar-refractivity contribution in [1.29, 1.82) is 0 Å². The van der Waals surface area contributed by atoms with E-state index in [0.29, 0.717) is 23.0 Å². The molecule has 0 spiro atoms. The predicted octanol–water partition coefficient (Wildman–Crippen LogP) is 5.31. The SMILES string of the molecule is COc1ccccc1O/N=C(\C)c1cccc(/C(C)=N/Oc2ccccc2OC)c1. The minimum Gasteiger partial charge on any atom is -0.493 e. The molecule has 0 bridgehead atoms. The van der Waals surface area contributed by atoms with E-state index in [9.17, 15) is 0 Å². The van der Waals surface area contributed by atoms with Crippen molar-refractivity contribution in [3.63, 3.8) is 0 Å². The minimum absolute atomic E-state index is 0.554. The fraction of sp³-hybridized carbons (Fsp3) is 0.167. The Balaban J connectivity index is 1.76. The van der Waals surface area contributed by atoms with Gasteiger partial charge < -0.3 is 19.1 Å². The van der Waals surface area contributed by atoms with E-state index in [1.54, 1.807) is 26.4 Å². The fourth-order valence-corrected chi connectivity index (χ4v) is 2.70. The third kappa shape index (κ3) is 5.17. The summed E-state index contributed by atoms with van der Waals surface area (Å²) < 4.78 is 10.6. The van der Waals surface area contributed by atoms with Crippen LogP contribution in [0.5, 0.6) is 23.0 Å². The molecule has 0 aromatic heterocycles. The lowest BCUT2D eigenvalue weighted by Gasteiger charge is -2.08. The largest absolute Gasteiger partial charge is 0.493 e. The molecule has 0 saturated carbocycles. The van der Waals surface area contributed by atoms with Crippen LogP contribution < -0.4 is 19.1 Å². The second-order valence-corrected chi connectivity index (χ2v) is 6.42. The van der Waals surface area contributed by atoms with Crippen molar-refractivity contribution < 1.29 is 19.1 Å². The Bertz CT molecular complexity index is 980. The summed E-state index contributed by atoms with van der Waals surface area (Å²) in [6.45, 7) is 3.76. The van der Waals surface area contributed by atoms with E-state index in [1.165, 1.54) is 0 Å². The molecule has 154 valence electrons. The highest BCUT2D eigenvalue weighted by Crippen LogP contribution is 2.27. The van der Waals surface area contributed by atoms with Gasteiger partial charge in [0.1, 0.15) is 0 Å². The summed E-state index contributed by atoms with van der Waals surface area (Å²) >= 11 is 0. The zero-order valence-corrected chi connectivity index (χ0v) is 17.5. The van der Waals surface area contributed by atoms with E-state index >= 15 is 0 Å². The highest BCUT2D eigenvalue weighted by Gasteiger charge is 2.07. The highest BCUT2D eigenvalue weighted by molar-refractivity contribution is 6.03. The second kappa shape index (κ2) is 10.1. The molecule has 6 heteroatoms. The Labute approximate surface area is 176 Å². The van der Waals surface area contributed by atoms with Crippen molar-refractivity contribution >= 4 is 11.4 Å². The maximum absolute atomic E-state index is 5.57. The summed E-state index contributed by atoms with van der Waals surface area (Å²) in [7, 11) is 3.19. The Morgan fingerprint density at radius 1 is 0.567 bits per heavy atom. The normalized spacial score (nSPS) is 11.7. The minimum atomic E-state index is 0.554. The van der Waals surface area contributed by atoms with Gasteiger partial charge in [-0.15, -0.1) is 0 Å². The summed E-state index contributed by atoms with van der Waals surface area (Å²) in [5.41, 5.74) is 3.27. The van der Waals surface area contributed by atoms with Crippen LogP contribution in [0.1, 0.15) is 25.0 Å². The number of hydrogen-bond acceptors (Lipinski definition) is 6. The van der Waals surface area contributed by atoms with Gasteiger partial charge in [0.05, 0.1) is 25.6 Å². The van der Waals surface area contributed by atoms with Gasteiger partial charge in [-0.25, -0.2) is 0 Å². The molecule has 0 saturated heterocycles. The van der Waals surface area contributed by atoms with Gasteiger partial charge in [-0.3, -0.25) is 0 Å². The molecule has 0 unspecified atom stereocenters. The van der Waals surface area contributed by atoms with Crippen LogP contribution in [0.2, 0.25) is 0 Å². The van der Waals surface area contributed by atoms with Crippen LogP contribution in [-0.2, 0) is 0 Å². The fourth-order valence-electron chi connectivity index (χ4n) is 2.70. The van der Waals surface area contributed by atoms with Gasteiger partial charge in [0.15, 0.2) is 23.0 Å². The highest BCUT2D eigenvalue weighted by atomic mass is 16.6. The Hall–Kier alpha value is -3.80. The van der Waals surface area contributed by atoms with E-state index in [2.05, 4.69) is 10.3 Å². The number of rotatable bonds is 8. The average molecular weight is 404 g/mol. The van der Waals surface area contributed by atoms with Gasteiger partial charge >= 0.3 is 0 Å². The van der Waals surface area contributed by atoms with E-state index in [1.807, 2.05) is 74.5 Å². The quantitative estimate of drug-likeness (QED) is 0.377. The number of ether oxygens (including phenoxy) is 2. The second-order valence-electron chi connectivity index (χ2n) is 6.42. The molecule has 0 N–H and O–H groups in total. The monoisotopic (exact) mass is 404 g/mol. The number of nitrogens with zero attached hydrogens (tertiary/aromatic N) is 2. The molecule has 0 aliphatic carbocycles. The van der Waals surface area contributed by atoms with E-state index in [4.69, 9.17) is 19.1 Å². The summed E-state index contributed by atoms with van der Waals surface area (Å²) in [6.07, 6.45) is 0. The van der Waals surface area contributed by atoms with Gasteiger partial charge in [-0.1, -0.05) is 52.8 Å². The maximum atomic E-state index is 5.57. The van der Waals surface area contributed by atoms with Crippen molar-refractivity contribution in [2.75, 3.05) is 14.2 Å². The van der Waals surface area contributed by atoms with Crippen molar-refractivity contribution in [3.05, 3.63) is 83.9 Å². The first-order valence-corrected chi connectivity index (χ1v) is 9.42. The Morgan fingerprint density at radius 3 is 1.37 bits per heavy atom. The molecular weight excluding hydrogens is 380 g/mol. The molecule has 6 nitrogen and oxygen atoms in total.